The molecule has 0 spiro atoms. The lowest BCUT2D eigenvalue weighted by molar-refractivity contribution is 0.231. The molecule has 3 nitrogen and oxygen atoms in total. The zero-order chi connectivity index (χ0) is 11.5. The highest BCUT2D eigenvalue weighted by Crippen LogP contribution is 2.35. The third-order valence-electron chi connectivity index (χ3n) is 3.87. The van der Waals surface area contributed by atoms with E-state index in [1.165, 1.54) is 36.4 Å². The second-order valence-corrected chi connectivity index (χ2v) is 6.07. The molecule has 0 amide bonds. The monoisotopic (exact) mass is 359 g/mol. The molecule has 118 valence electrons. The molecule has 1 aromatic heterocycles. The van der Waals surface area contributed by atoms with E-state index in [1.807, 2.05) is 11.3 Å². The van der Waals surface area contributed by atoms with Gasteiger partial charge >= 0.3 is 0 Å². The molecule has 1 aliphatic heterocycles. The van der Waals surface area contributed by atoms with Crippen molar-refractivity contribution in [3.05, 3.63) is 16.1 Å². The van der Waals surface area contributed by atoms with Crippen molar-refractivity contribution in [1.82, 2.24) is 15.2 Å². The first kappa shape index (κ1) is 20.4. The Bertz CT molecular complexity index is 363. The van der Waals surface area contributed by atoms with Gasteiger partial charge in [-0.15, -0.1) is 48.6 Å². The Balaban J connectivity index is 0.00000120. The first-order valence-corrected chi connectivity index (χ1v) is 7.67. The van der Waals surface area contributed by atoms with Gasteiger partial charge in [0, 0.05) is 44.0 Å². The normalized spacial score (nSPS) is 19.8. The van der Waals surface area contributed by atoms with E-state index in [0.717, 1.165) is 38.6 Å². The molecule has 20 heavy (non-hydrogen) atoms. The Labute approximate surface area is 144 Å². The van der Waals surface area contributed by atoms with Crippen molar-refractivity contribution >= 4 is 48.6 Å². The fraction of sp³-hybridized carbons (Fsp3) is 0.769. The van der Waals surface area contributed by atoms with E-state index in [0.29, 0.717) is 0 Å². The SMILES string of the molecule is Cl.Cl.Cl.c1sc(C2CCCC2)nc1CN1CCNCC1. The summed E-state index contributed by atoms with van der Waals surface area (Å²) < 4.78 is 0. The van der Waals surface area contributed by atoms with Gasteiger partial charge in [0.05, 0.1) is 10.7 Å². The van der Waals surface area contributed by atoms with E-state index in [1.54, 1.807) is 0 Å². The number of piperazine rings is 1. The fourth-order valence-electron chi connectivity index (χ4n) is 2.85. The minimum Gasteiger partial charge on any atom is -0.314 e. The maximum absolute atomic E-state index is 4.84. The minimum absolute atomic E-state index is 0. The van der Waals surface area contributed by atoms with Crippen molar-refractivity contribution in [3.8, 4) is 0 Å². The van der Waals surface area contributed by atoms with Crippen LogP contribution in [0.4, 0.5) is 0 Å². The van der Waals surface area contributed by atoms with Gasteiger partial charge in [0.15, 0.2) is 0 Å². The first-order chi connectivity index (χ1) is 8.42. The van der Waals surface area contributed by atoms with E-state index in [-0.39, 0.29) is 37.2 Å². The van der Waals surface area contributed by atoms with Gasteiger partial charge in [-0.25, -0.2) is 4.98 Å². The Morgan fingerprint density at radius 2 is 1.80 bits per heavy atom. The van der Waals surface area contributed by atoms with Gasteiger partial charge in [0.25, 0.3) is 0 Å². The summed E-state index contributed by atoms with van der Waals surface area (Å²) in [5.74, 6) is 0.775. The smallest absolute Gasteiger partial charge is 0.0959 e. The average Bonchev–Trinajstić information content (AvgIpc) is 3.00. The summed E-state index contributed by atoms with van der Waals surface area (Å²) in [6, 6.07) is 0. The quantitative estimate of drug-likeness (QED) is 0.894. The Hall–Kier alpha value is 0.420. The van der Waals surface area contributed by atoms with Crippen LogP contribution in [0, 0.1) is 0 Å². The van der Waals surface area contributed by atoms with Crippen LogP contribution in [-0.4, -0.2) is 36.1 Å². The molecular formula is C13H24Cl3N3S. The maximum atomic E-state index is 4.84. The number of nitrogens with zero attached hydrogens (tertiary/aromatic N) is 2. The average molecular weight is 361 g/mol. The lowest BCUT2D eigenvalue weighted by Crippen LogP contribution is -2.42. The molecule has 1 aromatic rings. The van der Waals surface area contributed by atoms with Gasteiger partial charge in [-0.3, -0.25) is 4.90 Å². The fourth-order valence-corrected chi connectivity index (χ4v) is 3.84. The van der Waals surface area contributed by atoms with Crippen molar-refractivity contribution in [1.29, 1.82) is 0 Å². The summed E-state index contributed by atoms with van der Waals surface area (Å²) in [5.41, 5.74) is 1.29. The highest BCUT2D eigenvalue weighted by Gasteiger charge is 2.20. The summed E-state index contributed by atoms with van der Waals surface area (Å²) >= 11 is 1.88. The molecule has 2 aliphatic rings. The van der Waals surface area contributed by atoms with Gasteiger partial charge in [-0.1, -0.05) is 12.8 Å². The van der Waals surface area contributed by atoms with Gasteiger partial charge in [0.1, 0.15) is 0 Å². The van der Waals surface area contributed by atoms with Crippen molar-refractivity contribution in [2.75, 3.05) is 26.2 Å². The first-order valence-electron chi connectivity index (χ1n) is 6.79. The predicted octanol–water partition coefficient (Wildman–Crippen LogP) is 3.47. The van der Waals surface area contributed by atoms with Gasteiger partial charge in [-0.2, -0.15) is 0 Å². The summed E-state index contributed by atoms with van der Waals surface area (Å²) in [4.78, 5) is 7.35. The molecule has 0 radical (unpaired) electrons. The van der Waals surface area contributed by atoms with Crippen LogP contribution in [0.15, 0.2) is 5.38 Å². The Kier molecular flexibility index (Phi) is 10.4. The van der Waals surface area contributed by atoms with E-state index < -0.39 is 0 Å². The molecule has 1 aliphatic carbocycles. The predicted molar refractivity (Wildman–Crippen MR) is 93.2 cm³/mol. The maximum Gasteiger partial charge on any atom is 0.0959 e. The van der Waals surface area contributed by atoms with E-state index in [2.05, 4.69) is 15.6 Å². The number of rotatable bonds is 3. The summed E-state index contributed by atoms with van der Waals surface area (Å²) in [7, 11) is 0. The topological polar surface area (TPSA) is 28.2 Å². The van der Waals surface area contributed by atoms with Crippen LogP contribution in [0.2, 0.25) is 0 Å². The zero-order valence-corrected chi connectivity index (χ0v) is 14.8. The molecule has 1 saturated heterocycles. The number of thiazole rings is 1. The third kappa shape index (κ3) is 5.32. The highest BCUT2D eigenvalue weighted by molar-refractivity contribution is 7.09. The zero-order valence-electron chi connectivity index (χ0n) is 11.5. The van der Waals surface area contributed by atoms with Crippen molar-refractivity contribution in [2.45, 2.75) is 38.1 Å². The number of nitrogens with one attached hydrogen (secondary N) is 1. The van der Waals surface area contributed by atoms with Gasteiger partial charge < -0.3 is 5.32 Å². The lowest BCUT2D eigenvalue weighted by atomic mass is 10.1. The highest BCUT2D eigenvalue weighted by atomic mass is 35.5. The van der Waals surface area contributed by atoms with Crippen LogP contribution in [0.5, 0.6) is 0 Å². The summed E-state index contributed by atoms with van der Waals surface area (Å²) in [6.07, 6.45) is 5.52. The molecule has 0 aromatic carbocycles. The van der Waals surface area contributed by atoms with Crippen LogP contribution < -0.4 is 5.32 Å². The number of aromatic nitrogens is 1. The second kappa shape index (κ2) is 10.2. The molecule has 7 heteroatoms. The Morgan fingerprint density at radius 1 is 1.15 bits per heavy atom. The molecule has 2 heterocycles. The molecular weight excluding hydrogens is 337 g/mol. The van der Waals surface area contributed by atoms with Crippen LogP contribution in [0.3, 0.4) is 0 Å². The number of hydrogen-bond acceptors (Lipinski definition) is 4. The number of hydrogen-bond donors (Lipinski definition) is 1. The van der Waals surface area contributed by atoms with E-state index >= 15 is 0 Å². The molecule has 1 saturated carbocycles. The van der Waals surface area contributed by atoms with E-state index in [4.69, 9.17) is 4.98 Å². The molecule has 3 rings (SSSR count). The van der Waals surface area contributed by atoms with Crippen LogP contribution in [0.25, 0.3) is 0 Å². The third-order valence-corrected chi connectivity index (χ3v) is 4.93. The van der Waals surface area contributed by atoms with Crippen molar-refractivity contribution in [2.24, 2.45) is 0 Å². The molecule has 1 N–H and O–H groups in total. The lowest BCUT2D eigenvalue weighted by Gasteiger charge is -2.26. The summed E-state index contributed by atoms with van der Waals surface area (Å²) in [5, 5.41) is 7.06. The van der Waals surface area contributed by atoms with Crippen molar-refractivity contribution < 1.29 is 0 Å². The molecule has 0 bridgehead atoms. The molecule has 0 atom stereocenters. The van der Waals surface area contributed by atoms with Crippen LogP contribution >= 0.6 is 48.6 Å². The van der Waals surface area contributed by atoms with Crippen LogP contribution in [-0.2, 0) is 6.54 Å². The largest absolute Gasteiger partial charge is 0.314 e. The van der Waals surface area contributed by atoms with Gasteiger partial charge in [-0.05, 0) is 12.8 Å². The van der Waals surface area contributed by atoms with Crippen LogP contribution in [0.1, 0.15) is 42.3 Å². The number of halogens is 3. The Morgan fingerprint density at radius 3 is 2.45 bits per heavy atom. The minimum atomic E-state index is 0. The second-order valence-electron chi connectivity index (χ2n) is 5.18. The standard InChI is InChI=1S/C13H21N3S.3ClH/c1-2-4-11(3-1)13-15-12(10-17-13)9-16-7-5-14-6-8-16;;;/h10-11,14H,1-9H2;3*1H. The molecule has 2 fully saturated rings. The van der Waals surface area contributed by atoms with Gasteiger partial charge in [0.2, 0.25) is 0 Å². The van der Waals surface area contributed by atoms with Crippen molar-refractivity contribution in [3.63, 3.8) is 0 Å². The van der Waals surface area contributed by atoms with E-state index in [9.17, 15) is 0 Å². The molecule has 0 unspecified atom stereocenters. The summed E-state index contributed by atoms with van der Waals surface area (Å²) in [6.45, 7) is 5.62.